The van der Waals surface area contributed by atoms with Gasteiger partial charge in [-0.1, -0.05) is 13.8 Å². The first-order chi connectivity index (χ1) is 12.7. The van der Waals surface area contributed by atoms with E-state index in [1.807, 2.05) is 18.8 Å². The van der Waals surface area contributed by atoms with E-state index in [1.54, 1.807) is 0 Å². The van der Waals surface area contributed by atoms with Gasteiger partial charge in [-0.3, -0.25) is 14.7 Å². The molecule has 2 fully saturated rings. The van der Waals surface area contributed by atoms with E-state index in [9.17, 15) is 4.79 Å². The van der Waals surface area contributed by atoms with Crippen LogP contribution in [0, 0.1) is 11.8 Å². The van der Waals surface area contributed by atoms with Crippen molar-refractivity contribution < 1.29 is 4.79 Å². The van der Waals surface area contributed by atoms with Gasteiger partial charge >= 0.3 is 0 Å². The van der Waals surface area contributed by atoms with Crippen LogP contribution in [0.4, 0.5) is 0 Å². The Balaban J connectivity index is 1.78. The van der Waals surface area contributed by atoms with Crippen molar-refractivity contribution in [2.24, 2.45) is 16.8 Å². The standard InChI is InChI=1S/C20H39N5OS/c1-16-11-17(2)13-25(12-16)18(26)14-23-7-9-24(10-8-23)19(21-5)22-15-20(3,4)27-6/h16-17H,7-15H2,1-6H3,(H,21,22). The summed E-state index contributed by atoms with van der Waals surface area (Å²) in [6.07, 6.45) is 3.38. The molecule has 2 rings (SSSR count). The Hall–Kier alpha value is -0.950. The Kier molecular flexibility index (Phi) is 8.28. The Morgan fingerprint density at radius 1 is 1.11 bits per heavy atom. The molecule has 0 spiro atoms. The van der Waals surface area contributed by atoms with Gasteiger partial charge in [-0.05, 0) is 38.4 Å². The Morgan fingerprint density at radius 2 is 1.70 bits per heavy atom. The van der Waals surface area contributed by atoms with E-state index < -0.39 is 0 Å². The Bertz CT molecular complexity index is 507. The van der Waals surface area contributed by atoms with Crippen molar-refractivity contribution in [1.29, 1.82) is 0 Å². The molecule has 0 aromatic heterocycles. The zero-order valence-electron chi connectivity index (χ0n) is 18.1. The zero-order valence-corrected chi connectivity index (χ0v) is 18.9. The Morgan fingerprint density at radius 3 is 2.22 bits per heavy atom. The third kappa shape index (κ3) is 6.86. The minimum absolute atomic E-state index is 0.187. The van der Waals surface area contributed by atoms with Crippen molar-refractivity contribution in [2.75, 3.05) is 65.7 Å². The quantitative estimate of drug-likeness (QED) is 0.567. The molecule has 156 valence electrons. The molecule has 2 saturated heterocycles. The monoisotopic (exact) mass is 397 g/mol. The maximum atomic E-state index is 12.7. The molecule has 2 aliphatic rings. The van der Waals surface area contributed by atoms with Gasteiger partial charge in [0.1, 0.15) is 0 Å². The van der Waals surface area contributed by atoms with Crippen LogP contribution in [0.5, 0.6) is 0 Å². The van der Waals surface area contributed by atoms with E-state index in [-0.39, 0.29) is 4.75 Å². The molecule has 2 aliphatic heterocycles. The summed E-state index contributed by atoms with van der Waals surface area (Å²) < 4.78 is 0.187. The predicted octanol–water partition coefficient (Wildman–Crippen LogP) is 1.83. The summed E-state index contributed by atoms with van der Waals surface area (Å²) in [4.78, 5) is 23.8. The number of nitrogens with zero attached hydrogens (tertiary/aromatic N) is 4. The highest BCUT2D eigenvalue weighted by Crippen LogP contribution is 2.21. The highest BCUT2D eigenvalue weighted by Gasteiger charge is 2.28. The van der Waals surface area contributed by atoms with Crippen LogP contribution in [0.2, 0.25) is 0 Å². The van der Waals surface area contributed by atoms with Crippen molar-refractivity contribution in [3.63, 3.8) is 0 Å². The molecular weight excluding hydrogens is 358 g/mol. The van der Waals surface area contributed by atoms with Gasteiger partial charge < -0.3 is 15.1 Å². The number of carbonyl (C=O) groups excluding carboxylic acids is 1. The van der Waals surface area contributed by atoms with Crippen molar-refractivity contribution in [1.82, 2.24) is 20.0 Å². The lowest BCUT2D eigenvalue weighted by atomic mass is 9.92. The lowest BCUT2D eigenvalue weighted by Gasteiger charge is -2.39. The van der Waals surface area contributed by atoms with Crippen molar-refractivity contribution >= 4 is 23.6 Å². The zero-order chi connectivity index (χ0) is 20.0. The molecule has 0 aliphatic carbocycles. The molecule has 2 heterocycles. The molecule has 6 nitrogen and oxygen atoms in total. The van der Waals surface area contributed by atoms with Gasteiger partial charge in [0.15, 0.2) is 5.96 Å². The van der Waals surface area contributed by atoms with Gasteiger partial charge in [-0.25, -0.2) is 0 Å². The summed E-state index contributed by atoms with van der Waals surface area (Å²) in [5.74, 6) is 2.51. The van der Waals surface area contributed by atoms with Crippen LogP contribution < -0.4 is 5.32 Å². The van der Waals surface area contributed by atoms with Crippen LogP contribution in [0.15, 0.2) is 4.99 Å². The molecule has 0 saturated carbocycles. The third-order valence-corrected chi connectivity index (χ3v) is 6.94. The maximum absolute atomic E-state index is 12.7. The van der Waals surface area contributed by atoms with E-state index in [2.05, 4.69) is 59.0 Å². The second-order valence-corrected chi connectivity index (χ2v) is 10.4. The minimum atomic E-state index is 0.187. The largest absolute Gasteiger partial charge is 0.355 e. The van der Waals surface area contributed by atoms with Crippen LogP contribution in [0.1, 0.15) is 34.1 Å². The average molecular weight is 398 g/mol. The van der Waals surface area contributed by atoms with Crippen LogP contribution in [0.25, 0.3) is 0 Å². The number of piperidine rings is 1. The Labute approximate surface area is 170 Å². The fourth-order valence-electron chi connectivity index (χ4n) is 3.97. The maximum Gasteiger partial charge on any atom is 0.236 e. The number of guanidine groups is 1. The molecule has 2 atom stereocenters. The smallest absolute Gasteiger partial charge is 0.236 e. The number of aliphatic imine (C=N–C) groups is 1. The molecule has 1 N–H and O–H groups in total. The van der Waals surface area contributed by atoms with Gasteiger partial charge in [-0.15, -0.1) is 0 Å². The first kappa shape index (κ1) is 22.3. The SMILES string of the molecule is CN=C(NCC(C)(C)SC)N1CCN(CC(=O)N2CC(C)CC(C)C2)CC1. The number of rotatable bonds is 5. The van der Waals surface area contributed by atoms with Crippen LogP contribution in [-0.4, -0.2) is 97.0 Å². The summed E-state index contributed by atoms with van der Waals surface area (Å²) in [5.41, 5.74) is 0. The first-order valence-electron chi connectivity index (χ1n) is 10.2. The average Bonchev–Trinajstić information content (AvgIpc) is 2.62. The van der Waals surface area contributed by atoms with E-state index in [0.717, 1.165) is 51.8 Å². The second kappa shape index (κ2) is 10.0. The number of thioether (sulfide) groups is 1. The molecule has 7 heteroatoms. The third-order valence-electron chi connectivity index (χ3n) is 5.69. The number of carbonyl (C=O) groups is 1. The number of hydrogen-bond donors (Lipinski definition) is 1. The van der Waals surface area contributed by atoms with Crippen molar-refractivity contribution in [3.8, 4) is 0 Å². The van der Waals surface area contributed by atoms with Gasteiger partial charge in [0.2, 0.25) is 5.91 Å². The highest BCUT2D eigenvalue weighted by atomic mass is 32.2. The van der Waals surface area contributed by atoms with E-state index in [4.69, 9.17) is 0 Å². The lowest BCUT2D eigenvalue weighted by molar-refractivity contribution is -0.135. The second-order valence-electron chi connectivity index (χ2n) is 8.87. The van der Waals surface area contributed by atoms with E-state index in [0.29, 0.717) is 24.3 Å². The van der Waals surface area contributed by atoms with Crippen LogP contribution in [0.3, 0.4) is 0 Å². The molecule has 0 aromatic rings. The topological polar surface area (TPSA) is 51.2 Å². The van der Waals surface area contributed by atoms with Gasteiger partial charge in [0.05, 0.1) is 6.54 Å². The molecule has 1 amide bonds. The summed E-state index contributed by atoms with van der Waals surface area (Å²) in [5, 5.41) is 3.51. The fraction of sp³-hybridized carbons (Fsp3) is 0.900. The first-order valence-corrected chi connectivity index (χ1v) is 11.5. The summed E-state index contributed by atoms with van der Waals surface area (Å²) in [6.45, 7) is 15.9. The number of nitrogens with one attached hydrogen (secondary N) is 1. The summed E-state index contributed by atoms with van der Waals surface area (Å²) in [7, 11) is 1.85. The molecular formula is C20H39N5OS. The highest BCUT2D eigenvalue weighted by molar-refractivity contribution is 7.99. The molecule has 2 unspecified atom stereocenters. The van der Waals surface area contributed by atoms with Gasteiger partial charge in [-0.2, -0.15) is 11.8 Å². The van der Waals surface area contributed by atoms with Crippen molar-refractivity contribution in [2.45, 2.75) is 38.9 Å². The van der Waals surface area contributed by atoms with Gasteiger partial charge in [0, 0.05) is 57.6 Å². The minimum Gasteiger partial charge on any atom is -0.355 e. The molecule has 0 radical (unpaired) electrons. The number of likely N-dealkylation sites (tertiary alicyclic amines) is 1. The summed E-state index contributed by atoms with van der Waals surface area (Å²) >= 11 is 1.86. The summed E-state index contributed by atoms with van der Waals surface area (Å²) in [6, 6.07) is 0. The van der Waals surface area contributed by atoms with Crippen molar-refractivity contribution in [3.05, 3.63) is 0 Å². The van der Waals surface area contributed by atoms with E-state index in [1.165, 1.54) is 6.42 Å². The number of piperazine rings is 1. The number of amides is 1. The molecule has 0 aromatic carbocycles. The van der Waals surface area contributed by atoms with Crippen LogP contribution >= 0.6 is 11.8 Å². The van der Waals surface area contributed by atoms with Gasteiger partial charge in [0.25, 0.3) is 0 Å². The lowest BCUT2D eigenvalue weighted by Crippen LogP contribution is -2.55. The normalized spacial score (nSPS) is 25.6. The molecule has 0 bridgehead atoms. The van der Waals surface area contributed by atoms with E-state index >= 15 is 0 Å². The predicted molar refractivity (Wildman–Crippen MR) is 116 cm³/mol. The fourth-order valence-corrected chi connectivity index (χ4v) is 4.19. The number of hydrogen-bond acceptors (Lipinski definition) is 4. The molecule has 27 heavy (non-hydrogen) atoms. The van der Waals surface area contributed by atoms with Crippen LogP contribution in [-0.2, 0) is 4.79 Å².